The van der Waals surface area contributed by atoms with E-state index in [1.807, 2.05) is 18.5 Å². The van der Waals surface area contributed by atoms with E-state index in [-0.39, 0.29) is 16.8 Å². The topological polar surface area (TPSA) is 30.7 Å². The zero-order valence-electron chi connectivity index (χ0n) is 13.1. The Morgan fingerprint density at radius 1 is 1.29 bits per heavy atom. The lowest BCUT2D eigenvalue weighted by Crippen LogP contribution is -2.00. The number of rotatable bonds is 4. The Labute approximate surface area is 149 Å². The van der Waals surface area contributed by atoms with Crippen molar-refractivity contribution in [3.05, 3.63) is 23.2 Å². The van der Waals surface area contributed by atoms with Gasteiger partial charge in [-0.15, -0.1) is 23.1 Å². The van der Waals surface area contributed by atoms with Crippen LogP contribution in [0.25, 0.3) is 21.7 Å². The predicted octanol–water partition coefficient (Wildman–Crippen LogP) is 5.73. The number of aromatic nitrogens is 3. The molecule has 0 radical (unpaired) electrons. The predicted molar refractivity (Wildman–Crippen MR) is 94.9 cm³/mol. The number of thioether (sulfide) groups is 2. The molecule has 3 rings (SSSR count). The Morgan fingerprint density at radius 2 is 2.04 bits per heavy atom. The van der Waals surface area contributed by atoms with Crippen molar-refractivity contribution < 1.29 is 13.2 Å². The number of aryl methyl sites for hydroxylation is 2. The summed E-state index contributed by atoms with van der Waals surface area (Å²) in [4.78, 5) is 11.8. The van der Waals surface area contributed by atoms with Gasteiger partial charge in [0.1, 0.15) is 5.03 Å². The molecule has 0 aromatic carbocycles. The second-order valence-corrected chi connectivity index (χ2v) is 8.68. The van der Waals surface area contributed by atoms with Gasteiger partial charge >= 0.3 is 5.51 Å². The molecule has 3 aromatic rings. The lowest BCUT2D eigenvalue weighted by molar-refractivity contribution is -0.0329. The van der Waals surface area contributed by atoms with Crippen molar-refractivity contribution in [3.63, 3.8) is 0 Å². The highest BCUT2D eigenvalue weighted by atomic mass is 32.2. The van der Waals surface area contributed by atoms with Gasteiger partial charge in [0.25, 0.3) is 0 Å². The maximum Gasteiger partial charge on any atom is 0.447 e. The first-order valence-corrected chi connectivity index (χ1v) is 9.72. The van der Waals surface area contributed by atoms with Crippen molar-refractivity contribution in [1.29, 1.82) is 0 Å². The number of hydrogen-bond acceptors (Lipinski definition) is 5. The monoisotopic (exact) mass is 389 g/mol. The normalized spacial score (nSPS) is 12.2. The Balaban J connectivity index is 2.08. The van der Waals surface area contributed by atoms with Crippen LogP contribution in [0.15, 0.2) is 28.3 Å². The molecule has 0 fully saturated rings. The van der Waals surface area contributed by atoms with Crippen LogP contribution in [0.3, 0.4) is 0 Å². The summed E-state index contributed by atoms with van der Waals surface area (Å²) >= 11 is 3.16. The highest BCUT2D eigenvalue weighted by molar-refractivity contribution is 8.00. The number of imidazole rings is 1. The zero-order chi connectivity index (χ0) is 17.5. The van der Waals surface area contributed by atoms with Gasteiger partial charge in [-0.25, -0.2) is 9.97 Å². The van der Waals surface area contributed by atoms with Crippen molar-refractivity contribution in [2.45, 2.75) is 29.3 Å². The van der Waals surface area contributed by atoms with E-state index >= 15 is 0 Å². The van der Waals surface area contributed by atoms with Crippen molar-refractivity contribution in [2.24, 2.45) is 7.05 Å². The van der Waals surface area contributed by atoms with Crippen LogP contribution in [0, 0.1) is 6.92 Å². The molecule has 3 heterocycles. The van der Waals surface area contributed by atoms with Crippen LogP contribution in [0.5, 0.6) is 0 Å². The third-order valence-electron chi connectivity index (χ3n) is 3.29. The maximum absolute atomic E-state index is 12.5. The van der Waals surface area contributed by atoms with Gasteiger partial charge in [-0.2, -0.15) is 13.2 Å². The van der Waals surface area contributed by atoms with Crippen molar-refractivity contribution in [3.8, 4) is 10.7 Å². The molecule has 128 valence electrons. The largest absolute Gasteiger partial charge is 0.447 e. The third-order valence-corrected chi connectivity index (χ3v) is 6.05. The first-order valence-electron chi connectivity index (χ1n) is 7.10. The number of alkyl halides is 3. The summed E-state index contributed by atoms with van der Waals surface area (Å²) in [7, 11) is 1.86. The fourth-order valence-corrected chi connectivity index (χ4v) is 4.97. The molecule has 0 amide bonds. The summed E-state index contributed by atoms with van der Waals surface area (Å²) < 4.78 is 39.5. The number of nitrogens with zero attached hydrogens (tertiary/aromatic N) is 3. The molecule has 0 aliphatic rings. The molecule has 0 aliphatic heterocycles. The molecule has 24 heavy (non-hydrogen) atoms. The van der Waals surface area contributed by atoms with Crippen LogP contribution >= 0.6 is 34.9 Å². The maximum atomic E-state index is 12.5. The SMILES string of the molecule is CCSc1cc(C)sc1-c1nc2cc(SC(F)(F)F)ncc2n1C. The van der Waals surface area contributed by atoms with E-state index in [9.17, 15) is 13.2 Å². The molecule has 9 heteroatoms. The molecule has 0 bridgehead atoms. The van der Waals surface area contributed by atoms with E-state index in [4.69, 9.17) is 0 Å². The van der Waals surface area contributed by atoms with E-state index in [0.29, 0.717) is 5.52 Å². The molecule has 0 aliphatic carbocycles. The van der Waals surface area contributed by atoms with Gasteiger partial charge in [-0.3, -0.25) is 0 Å². The fraction of sp³-hybridized carbons (Fsp3) is 0.333. The molecular formula is C15H14F3N3S3. The third kappa shape index (κ3) is 3.57. The van der Waals surface area contributed by atoms with Crippen LogP contribution in [-0.2, 0) is 7.05 Å². The Bertz CT molecular complexity index is 883. The molecule has 3 nitrogen and oxygen atoms in total. The van der Waals surface area contributed by atoms with E-state index in [1.165, 1.54) is 17.1 Å². The number of fused-ring (bicyclic) bond motifs is 1. The highest BCUT2D eigenvalue weighted by Gasteiger charge is 2.30. The van der Waals surface area contributed by atoms with Crippen LogP contribution in [0.1, 0.15) is 11.8 Å². The average Bonchev–Trinajstić information content (AvgIpc) is 2.98. The van der Waals surface area contributed by atoms with Gasteiger partial charge in [0.15, 0.2) is 5.82 Å². The summed E-state index contributed by atoms with van der Waals surface area (Å²) in [5.74, 6) is 1.70. The van der Waals surface area contributed by atoms with Gasteiger partial charge in [-0.1, -0.05) is 6.92 Å². The second-order valence-electron chi connectivity index (χ2n) is 5.04. The zero-order valence-corrected chi connectivity index (χ0v) is 15.6. The van der Waals surface area contributed by atoms with Gasteiger partial charge in [0.2, 0.25) is 0 Å². The fourth-order valence-electron chi connectivity index (χ4n) is 2.36. The van der Waals surface area contributed by atoms with E-state index in [2.05, 4.69) is 23.0 Å². The lowest BCUT2D eigenvalue weighted by Gasteiger charge is -2.04. The van der Waals surface area contributed by atoms with Crippen LogP contribution in [-0.4, -0.2) is 25.8 Å². The van der Waals surface area contributed by atoms with Crippen molar-refractivity contribution in [1.82, 2.24) is 14.5 Å². The van der Waals surface area contributed by atoms with E-state index in [0.717, 1.165) is 26.9 Å². The number of hydrogen-bond donors (Lipinski definition) is 0. The number of thiophene rings is 1. The summed E-state index contributed by atoms with van der Waals surface area (Å²) in [6.07, 6.45) is 1.45. The first-order chi connectivity index (χ1) is 11.3. The van der Waals surface area contributed by atoms with Crippen molar-refractivity contribution in [2.75, 3.05) is 5.75 Å². The van der Waals surface area contributed by atoms with Crippen LogP contribution in [0.4, 0.5) is 13.2 Å². The number of halogens is 3. The number of pyridine rings is 1. The highest BCUT2D eigenvalue weighted by Crippen LogP contribution is 2.40. The van der Waals surface area contributed by atoms with Crippen molar-refractivity contribution >= 4 is 45.9 Å². The van der Waals surface area contributed by atoms with Gasteiger partial charge in [0, 0.05) is 28.6 Å². The molecule has 0 saturated heterocycles. The van der Waals surface area contributed by atoms with Crippen LogP contribution in [0.2, 0.25) is 0 Å². The van der Waals surface area contributed by atoms with E-state index < -0.39 is 5.51 Å². The van der Waals surface area contributed by atoms with E-state index in [1.54, 1.807) is 23.1 Å². The standard InChI is InChI=1S/C15H14F3N3S3/c1-4-22-11-5-8(2)23-13(11)14-20-9-6-12(24-15(16,17)18)19-7-10(9)21(14)3/h5-7H,4H2,1-3H3. The first kappa shape index (κ1) is 17.6. The van der Waals surface area contributed by atoms with Crippen LogP contribution < -0.4 is 0 Å². The lowest BCUT2D eigenvalue weighted by atomic mass is 10.4. The molecule has 3 aromatic heterocycles. The minimum Gasteiger partial charge on any atom is -0.325 e. The molecule has 0 N–H and O–H groups in total. The summed E-state index contributed by atoms with van der Waals surface area (Å²) in [5.41, 5.74) is -3.11. The minimum absolute atomic E-state index is 0.0924. The quantitative estimate of drug-likeness (QED) is 0.533. The smallest absolute Gasteiger partial charge is 0.325 e. The molecular weight excluding hydrogens is 375 g/mol. The summed E-state index contributed by atoms with van der Waals surface area (Å²) in [6, 6.07) is 3.51. The molecule has 0 spiro atoms. The summed E-state index contributed by atoms with van der Waals surface area (Å²) in [6.45, 7) is 4.12. The minimum atomic E-state index is -4.35. The second kappa shape index (κ2) is 6.61. The van der Waals surface area contributed by atoms with Gasteiger partial charge in [-0.05, 0) is 24.8 Å². The Kier molecular flexibility index (Phi) is 4.85. The summed E-state index contributed by atoms with van der Waals surface area (Å²) in [5, 5.41) is -0.0924. The Hall–Kier alpha value is -1.19. The van der Waals surface area contributed by atoms with Gasteiger partial charge < -0.3 is 4.57 Å². The Morgan fingerprint density at radius 3 is 2.71 bits per heavy atom. The average molecular weight is 389 g/mol. The molecule has 0 unspecified atom stereocenters. The van der Waals surface area contributed by atoms with Gasteiger partial charge in [0.05, 0.1) is 22.1 Å². The molecule has 0 atom stereocenters. The molecule has 0 saturated carbocycles.